The van der Waals surface area contributed by atoms with Crippen molar-refractivity contribution >= 4 is 29.3 Å². The van der Waals surface area contributed by atoms with Gasteiger partial charge in [-0.2, -0.15) is 0 Å². The third kappa shape index (κ3) is 3.29. The minimum absolute atomic E-state index is 0.138. The summed E-state index contributed by atoms with van der Waals surface area (Å²) in [6.45, 7) is 6.07. The monoisotopic (exact) mass is 338 g/mol. The highest BCUT2D eigenvalue weighted by Gasteiger charge is 2.38. The minimum Gasteiger partial charge on any atom is -0.339 e. The maximum Gasteiger partial charge on any atom is 0.255 e. The van der Waals surface area contributed by atoms with Crippen LogP contribution in [0.1, 0.15) is 36.5 Å². The predicted molar refractivity (Wildman–Crippen MR) is 92.9 cm³/mol. The van der Waals surface area contributed by atoms with Gasteiger partial charge in [0.15, 0.2) is 0 Å². The molecule has 5 heteroatoms. The first-order chi connectivity index (χ1) is 10.6. The molecular weight excluding hydrogens is 316 g/mol. The van der Waals surface area contributed by atoms with Crippen molar-refractivity contribution in [1.82, 2.24) is 10.2 Å². The number of hydrogen-bond acceptors (Lipinski definition) is 3. The number of nitrogens with zero attached hydrogens (tertiary/aromatic N) is 1. The maximum absolute atomic E-state index is 12.9. The zero-order valence-corrected chi connectivity index (χ0v) is 14.6. The molecule has 0 aliphatic carbocycles. The smallest absolute Gasteiger partial charge is 0.255 e. The number of benzene rings is 1. The summed E-state index contributed by atoms with van der Waals surface area (Å²) in [4.78, 5) is 15.9. The molecule has 2 fully saturated rings. The van der Waals surface area contributed by atoms with Crippen LogP contribution in [0.2, 0.25) is 5.02 Å². The van der Waals surface area contributed by atoms with Gasteiger partial charge in [-0.15, -0.1) is 11.8 Å². The highest BCUT2D eigenvalue weighted by Crippen LogP contribution is 2.37. The van der Waals surface area contributed by atoms with Crippen LogP contribution in [0.5, 0.6) is 0 Å². The molecule has 2 heterocycles. The van der Waals surface area contributed by atoms with Crippen LogP contribution < -0.4 is 5.32 Å². The van der Waals surface area contributed by atoms with E-state index in [9.17, 15) is 4.79 Å². The lowest BCUT2D eigenvalue weighted by atomic mass is 9.78. The average molecular weight is 339 g/mol. The molecule has 0 atom stereocenters. The molecule has 0 radical (unpaired) electrons. The number of hydrogen-bond donors (Lipinski definition) is 1. The number of thioether (sulfide) groups is 1. The fourth-order valence-electron chi connectivity index (χ4n) is 3.53. The standard InChI is InChI=1S/C17H23ClN2OS/c1-2-22-15-4-3-13(18)11-14(15)16(21)20-9-6-17(7-10-20)5-8-19-12-17/h3-4,11,19H,2,5-10,12H2,1H3. The Labute approximate surface area is 141 Å². The second kappa shape index (κ2) is 6.81. The number of piperidine rings is 1. The fraction of sp³-hybridized carbons (Fsp3) is 0.588. The zero-order chi connectivity index (χ0) is 15.6. The quantitative estimate of drug-likeness (QED) is 0.853. The zero-order valence-electron chi connectivity index (χ0n) is 13.0. The Balaban J connectivity index is 1.73. The van der Waals surface area contributed by atoms with Gasteiger partial charge in [-0.3, -0.25) is 4.79 Å². The van der Waals surface area contributed by atoms with Crippen molar-refractivity contribution in [2.45, 2.75) is 31.1 Å². The van der Waals surface area contributed by atoms with E-state index in [0.29, 0.717) is 10.4 Å². The largest absolute Gasteiger partial charge is 0.339 e. The van der Waals surface area contributed by atoms with E-state index in [1.807, 2.05) is 23.1 Å². The second-order valence-electron chi connectivity index (χ2n) is 6.29. The minimum atomic E-state index is 0.138. The molecule has 3 rings (SSSR count). The number of amides is 1. The first-order valence-corrected chi connectivity index (χ1v) is 9.42. The van der Waals surface area contributed by atoms with Crippen molar-refractivity contribution in [1.29, 1.82) is 0 Å². The Morgan fingerprint density at radius 2 is 2.14 bits per heavy atom. The first-order valence-electron chi connectivity index (χ1n) is 8.06. The molecule has 1 aromatic carbocycles. The van der Waals surface area contributed by atoms with Crippen LogP contribution in [0.4, 0.5) is 0 Å². The van der Waals surface area contributed by atoms with Crippen LogP contribution in [0.25, 0.3) is 0 Å². The van der Waals surface area contributed by atoms with Crippen molar-refractivity contribution in [3.63, 3.8) is 0 Å². The topological polar surface area (TPSA) is 32.3 Å². The number of carbonyl (C=O) groups excluding carboxylic acids is 1. The molecule has 1 spiro atoms. The summed E-state index contributed by atoms with van der Waals surface area (Å²) >= 11 is 7.82. The van der Waals surface area contributed by atoms with Gasteiger partial charge >= 0.3 is 0 Å². The van der Waals surface area contributed by atoms with E-state index in [-0.39, 0.29) is 5.91 Å². The second-order valence-corrected chi connectivity index (χ2v) is 8.03. The van der Waals surface area contributed by atoms with Gasteiger partial charge < -0.3 is 10.2 Å². The Morgan fingerprint density at radius 1 is 1.36 bits per heavy atom. The van der Waals surface area contributed by atoms with Crippen molar-refractivity contribution in [3.05, 3.63) is 28.8 Å². The number of likely N-dealkylation sites (tertiary alicyclic amines) is 1. The summed E-state index contributed by atoms with van der Waals surface area (Å²) < 4.78 is 0. The van der Waals surface area contributed by atoms with Crippen LogP contribution in [0, 0.1) is 5.41 Å². The summed E-state index contributed by atoms with van der Waals surface area (Å²) in [5.41, 5.74) is 1.20. The lowest BCUT2D eigenvalue weighted by Crippen LogP contribution is -2.44. The van der Waals surface area contributed by atoms with Gasteiger partial charge in [-0.25, -0.2) is 0 Å². The van der Waals surface area contributed by atoms with E-state index in [1.165, 1.54) is 6.42 Å². The van der Waals surface area contributed by atoms with Crippen LogP contribution in [0.3, 0.4) is 0 Å². The molecule has 0 unspecified atom stereocenters. The number of rotatable bonds is 3. The van der Waals surface area contributed by atoms with Crippen LogP contribution in [0.15, 0.2) is 23.1 Å². The first kappa shape index (κ1) is 16.2. The van der Waals surface area contributed by atoms with Gasteiger partial charge in [0.1, 0.15) is 0 Å². The van der Waals surface area contributed by atoms with Crippen molar-refractivity contribution in [2.24, 2.45) is 5.41 Å². The summed E-state index contributed by atoms with van der Waals surface area (Å²) in [7, 11) is 0. The molecule has 22 heavy (non-hydrogen) atoms. The van der Waals surface area contributed by atoms with Gasteiger partial charge in [-0.05, 0) is 55.2 Å². The van der Waals surface area contributed by atoms with E-state index in [2.05, 4.69) is 12.2 Å². The molecule has 2 saturated heterocycles. The van der Waals surface area contributed by atoms with Crippen LogP contribution in [-0.4, -0.2) is 42.7 Å². The Bertz CT molecular complexity index is 548. The lowest BCUT2D eigenvalue weighted by molar-refractivity contribution is 0.0604. The number of nitrogens with one attached hydrogen (secondary N) is 1. The van der Waals surface area contributed by atoms with Crippen molar-refractivity contribution in [3.8, 4) is 0 Å². The van der Waals surface area contributed by atoms with Gasteiger partial charge in [0.25, 0.3) is 5.91 Å². The van der Waals surface area contributed by atoms with E-state index in [0.717, 1.165) is 55.2 Å². The molecule has 0 aromatic heterocycles. The molecule has 1 amide bonds. The van der Waals surface area contributed by atoms with Crippen LogP contribution in [-0.2, 0) is 0 Å². The average Bonchev–Trinajstić information content (AvgIpc) is 2.97. The van der Waals surface area contributed by atoms with Crippen molar-refractivity contribution < 1.29 is 4.79 Å². The van der Waals surface area contributed by atoms with E-state index >= 15 is 0 Å². The summed E-state index contributed by atoms with van der Waals surface area (Å²) in [6.07, 6.45) is 3.48. The number of halogens is 1. The van der Waals surface area contributed by atoms with Gasteiger partial charge in [0, 0.05) is 29.6 Å². The molecule has 3 nitrogen and oxygen atoms in total. The normalized spacial score (nSPS) is 20.5. The molecule has 0 bridgehead atoms. The number of carbonyl (C=O) groups is 1. The molecule has 1 N–H and O–H groups in total. The third-order valence-electron chi connectivity index (χ3n) is 4.92. The van der Waals surface area contributed by atoms with Gasteiger partial charge in [0.05, 0.1) is 5.56 Å². The SMILES string of the molecule is CCSc1ccc(Cl)cc1C(=O)N1CCC2(CCNC2)CC1. The molecule has 2 aliphatic rings. The molecule has 0 saturated carbocycles. The van der Waals surface area contributed by atoms with Crippen molar-refractivity contribution in [2.75, 3.05) is 31.9 Å². The maximum atomic E-state index is 12.9. The fourth-order valence-corrected chi connectivity index (χ4v) is 4.48. The Morgan fingerprint density at radius 3 is 2.77 bits per heavy atom. The lowest BCUT2D eigenvalue weighted by Gasteiger charge is -2.39. The van der Waals surface area contributed by atoms with Gasteiger partial charge in [0.2, 0.25) is 0 Å². The predicted octanol–water partition coefficient (Wildman–Crippen LogP) is 3.67. The third-order valence-corrected chi connectivity index (χ3v) is 6.11. The van der Waals surface area contributed by atoms with E-state index < -0.39 is 0 Å². The molecule has 1 aromatic rings. The van der Waals surface area contributed by atoms with Gasteiger partial charge in [-0.1, -0.05) is 18.5 Å². The highest BCUT2D eigenvalue weighted by atomic mass is 35.5. The molecule has 2 aliphatic heterocycles. The summed E-state index contributed by atoms with van der Waals surface area (Å²) in [5.74, 6) is 1.09. The Kier molecular flexibility index (Phi) is 5.00. The Hall–Kier alpha value is -0.710. The molecular formula is C17H23ClN2OS. The van der Waals surface area contributed by atoms with Crippen LogP contribution >= 0.6 is 23.4 Å². The summed E-state index contributed by atoms with van der Waals surface area (Å²) in [5, 5.41) is 4.10. The highest BCUT2D eigenvalue weighted by molar-refractivity contribution is 7.99. The summed E-state index contributed by atoms with van der Waals surface area (Å²) in [6, 6.07) is 5.66. The van der Waals surface area contributed by atoms with E-state index in [4.69, 9.17) is 11.6 Å². The molecule has 120 valence electrons. The van der Waals surface area contributed by atoms with E-state index in [1.54, 1.807) is 11.8 Å².